The highest BCUT2D eigenvalue weighted by Crippen LogP contribution is 2.21. The van der Waals surface area contributed by atoms with Crippen LogP contribution in [0.15, 0.2) is 22.9 Å². The molecule has 5 nitrogen and oxygen atoms in total. The number of carbonyl (C=O) groups excluding carboxylic acids is 1. The van der Waals surface area contributed by atoms with Crippen molar-refractivity contribution in [1.29, 1.82) is 0 Å². The standard InChI is InChI=1S/C13H12ClN3O2/c1-8-4-12(19-16-8)13(18)17-3-2-11-9(7-17)5-10(14)6-15-11/h4-6H,2-3,7H2,1H3. The van der Waals surface area contributed by atoms with Gasteiger partial charge in [0.1, 0.15) is 0 Å². The van der Waals surface area contributed by atoms with Gasteiger partial charge in [0.2, 0.25) is 5.76 Å². The normalized spacial score (nSPS) is 14.3. The minimum atomic E-state index is -0.147. The van der Waals surface area contributed by atoms with E-state index in [4.69, 9.17) is 16.1 Å². The average molecular weight is 278 g/mol. The molecule has 3 rings (SSSR count). The molecule has 19 heavy (non-hydrogen) atoms. The highest BCUT2D eigenvalue weighted by molar-refractivity contribution is 6.30. The lowest BCUT2D eigenvalue weighted by Gasteiger charge is -2.27. The number of rotatable bonds is 1. The number of fused-ring (bicyclic) bond motifs is 1. The van der Waals surface area contributed by atoms with Gasteiger partial charge in [-0.1, -0.05) is 16.8 Å². The van der Waals surface area contributed by atoms with Crippen molar-refractivity contribution in [3.05, 3.63) is 46.1 Å². The summed E-state index contributed by atoms with van der Waals surface area (Å²) in [5.74, 6) is 0.127. The van der Waals surface area contributed by atoms with Gasteiger partial charge in [0.15, 0.2) is 0 Å². The highest BCUT2D eigenvalue weighted by Gasteiger charge is 2.25. The van der Waals surface area contributed by atoms with Gasteiger partial charge in [-0.3, -0.25) is 9.78 Å². The zero-order valence-electron chi connectivity index (χ0n) is 10.4. The van der Waals surface area contributed by atoms with Crippen LogP contribution in [0.4, 0.5) is 0 Å². The van der Waals surface area contributed by atoms with E-state index in [1.54, 1.807) is 24.1 Å². The Morgan fingerprint density at radius 2 is 2.32 bits per heavy atom. The molecule has 1 aliphatic rings. The first-order chi connectivity index (χ1) is 9.13. The fraction of sp³-hybridized carbons (Fsp3) is 0.308. The summed E-state index contributed by atoms with van der Waals surface area (Å²) < 4.78 is 5.01. The van der Waals surface area contributed by atoms with E-state index < -0.39 is 0 Å². The minimum Gasteiger partial charge on any atom is -0.351 e. The Morgan fingerprint density at radius 3 is 3.05 bits per heavy atom. The molecule has 0 fully saturated rings. The van der Waals surface area contributed by atoms with Crippen molar-refractivity contribution < 1.29 is 9.32 Å². The lowest BCUT2D eigenvalue weighted by atomic mass is 10.1. The second kappa shape index (κ2) is 4.66. The topological polar surface area (TPSA) is 59.2 Å². The largest absolute Gasteiger partial charge is 0.351 e. The Balaban J connectivity index is 1.83. The van der Waals surface area contributed by atoms with Crippen LogP contribution < -0.4 is 0 Å². The summed E-state index contributed by atoms with van der Waals surface area (Å²) in [5.41, 5.74) is 2.69. The molecule has 0 unspecified atom stereocenters. The minimum absolute atomic E-state index is 0.147. The van der Waals surface area contributed by atoms with Crippen molar-refractivity contribution in [2.45, 2.75) is 19.9 Å². The molecule has 6 heteroatoms. The van der Waals surface area contributed by atoms with Gasteiger partial charge in [-0.05, 0) is 18.6 Å². The summed E-state index contributed by atoms with van der Waals surface area (Å²) >= 11 is 5.93. The molecule has 98 valence electrons. The van der Waals surface area contributed by atoms with Crippen molar-refractivity contribution >= 4 is 17.5 Å². The number of halogens is 1. The fourth-order valence-electron chi connectivity index (χ4n) is 2.19. The van der Waals surface area contributed by atoms with Crippen LogP contribution in [-0.2, 0) is 13.0 Å². The third-order valence-electron chi connectivity index (χ3n) is 3.13. The maximum Gasteiger partial charge on any atom is 0.292 e. The van der Waals surface area contributed by atoms with Crippen LogP contribution in [0.3, 0.4) is 0 Å². The maximum atomic E-state index is 12.2. The van der Waals surface area contributed by atoms with E-state index in [1.807, 2.05) is 6.07 Å². The molecule has 0 bridgehead atoms. The molecule has 0 N–H and O–H groups in total. The number of pyridine rings is 1. The van der Waals surface area contributed by atoms with Crippen molar-refractivity contribution in [3.63, 3.8) is 0 Å². The van der Waals surface area contributed by atoms with Crippen molar-refractivity contribution in [2.24, 2.45) is 0 Å². The number of amides is 1. The van der Waals surface area contributed by atoms with Gasteiger partial charge in [0.25, 0.3) is 5.91 Å². The van der Waals surface area contributed by atoms with Crippen LogP contribution >= 0.6 is 11.6 Å². The molecule has 0 saturated heterocycles. The number of aromatic nitrogens is 2. The van der Waals surface area contributed by atoms with E-state index in [0.29, 0.717) is 23.8 Å². The first kappa shape index (κ1) is 12.2. The smallest absolute Gasteiger partial charge is 0.292 e. The van der Waals surface area contributed by atoms with Gasteiger partial charge in [-0.25, -0.2) is 0 Å². The zero-order valence-corrected chi connectivity index (χ0v) is 11.1. The van der Waals surface area contributed by atoms with Crippen LogP contribution in [0, 0.1) is 6.92 Å². The third kappa shape index (κ3) is 2.33. The summed E-state index contributed by atoms with van der Waals surface area (Å²) in [6, 6.07) is 3.50. The molecule has 0 spiro atoms. The van der Waals surface area contributed by atoms with Crippen LogP contribution in [0.25, 0.3) is 0 Å². The number of carbonyl (C=O) groups is 1. The van der Waals surface area contributed by atoms with E-state index in [2.05, 4.69) is 10.1 Å². The van der Waals surface area contributed by atoms with Crippen molar-refractivity contribution in [3.8, 4) is 0 Å². The lowest BCUT2D eigenvalue weighted by molar-refractivity contribution is 0.0691. The Kier molecular flexibility index (Phi) is 2.98. The second-order valence-corrected chi connectivity index (χ2v) is 5.01. The Hall–Kier alpha value is -1.88. The molecule has 0 radical (unpaired) electrons. The summed E-state index contributed by atoms with van der Waals surface area (Å²) in [4.78, 5) is 18.3. The lowest BCUT2D eigenvalue weighted by Crippen LogP contribution is -2.36. The second-order valence-electron chi connectivity index (χ2n) is 4.57. The summed E-state index contributed by atoms with van der Waals surface area (Å²) in [6.07, 6.45) is 2.36. The van der Waals surface area contributed by atoms with E-state index in [-0.39, 0.29) is 11.7 Å². The third-order valence-corrected chi connectivity index (χ3v) is 3.34. The molecule has 0 atom stereocenters. The van der Waals surface area contributed by atoms with E-state index >= 15 is 0 Å². The molecule has 0 saturated carbocycles. The van der Waals surface area contributed by atoms with Crippen molar-refractivity contribution in [2.75, 3.05) is 6.54 Å². The van der Waals surface area contributed by atoms with Crippen LogP contribution in [0.1, 0.15) is 27.5 Å². The van der Waals surface area contributed by atoms with E-state index in [1.165, 1.54) is 0 Å². The Morgan fingerprint density at radius 1 is 1.47 bits per heavy atom. The van der Waals surface area contributed by atoms with Gasteiger partial charge in [0.05, 0.1) is 10.7 Å². The molecular weight excluding hydrogens is 266 g/mol. The fourth-order valence-corrected chi connectivity index (χ4v) is 2.37. The number of nitrogens with zero attached hydrogens (tertiary/aromatic N) is 3. The monoisotopic (exact) mass is 277 g/mol. The number of hydrogen-bond donors (Lipinski definition) is 0. The van der Waals surface area contributed by atoms with Gasteiger partial charge in [0, 0.05) is 37.5 Å². The average Bonchev–Trinajstić information content (AvgIpc) is 2.83. The van der Waals surface area contributed by atoms with Gasteiger partial charge < -0.3 is 9.42 Å². The first-order valence-electron chi connectivity index (χ1n) is 5.99. The quantitative estimate of drug-likeness (QED) is 0.802. The molecule has 2 aromatic heterocycles. The molecule has 1 aliphatic heterocycles. The van der Waals surface area contributed by atoms with Crippen LogP contribution in [0.5, 0.6) is 0 Å². The van der Waals surface area contributed by atoms with E-state index in [9.17, 15) is 4.79 Å². The highest BCUT2D eigenvalue weighted by atomic mass is 35.5. The summed E-state index contributed by atoms with van der Waals surface area (Å²) in [5, 5.41) is 4.32. The molecule has 3 heterocycles. The van der Waals surface area contributed by atoms with Crippen LogP contribution in [0.2, 0.25) is 5.02 Å². The Labute approximate surface area is 115 Å². The molecule has 2 aromatic rings. The van der Waals surface area contributed by atoms with E-state index in [0.717, 1.165) is 17.7 Å². The van der Waals surface area contributed by atoms with Gasteiger partial charge >= 0.3 is 0 Å². The Bertz CT molecular complexity index is 639. The van der Waals surface area contributed by atoms with Gasteiger partial charge in [-0.2, -0.15) is 0 Å². The predicted molar refractivity (Wildman–Crippen MR) is 68.9 cm³/mol. The molecule has 0 aliphatic carbocycles. The number of hydrogen-bond acceptors (Lipinski definition) is 4. The summed E-state index contributed by atoms with van der Waals surface area (Å²) in [6.45, 7) is 2.91. The maximum absolute atomic E-state index is 12.2. The molecular formula is C13H12ClN3O2. The van der Waals surface area contributed by atoms with Crippen molar-refractivity contribution in [1.82, 2.24) is 15.0 Å². The first-order valence-corrected chi connectivity index (χ1v) is 6.37. The molecule has 0 aromatic carbocycles. The van der Waals surface area contributed by atoms with Crippen LogP contribution in [-0.4, -0.2) is 27.5 Å². The van der Waals surface area contributed by atoms with Gasteiger partial charge in [-0.15, -0.1) is 0 Å². The number of aryl methyl sites for hydroxylation is 1. The molecule has 1 amide bonds. The zero-order chi connectivity index (χ0) is 13.4. The predicted octanol–water partition coefficient (Wildman–Crippen LogP) is 2.23. The summed E-state index contributed by atoms with van der Waals surface area (Å²) in [7, 11) is 0. The SMILES string of the molecule is Cc1cc(C(=O)N2CCc3ncc(Cl)cc3C2)on1.